The van der Waals surface area contributed by atoms with Gasteiger partial charge in [0, 0.05) is 19.0 Å². The normalized spacial score (nSPS) is 10.3. The highest BCUT2D eigenvalue weighted by molar-refractivity contribution is 5.96. The summed E-state index contributed by atoms with van der Waals surface area (Å²) in [5.41, 5.74) is 0.0361. The smallest absolute Gasteiger partial charge is 0.255 e. The zero-order chi connectivity index (χ0) is 13.0. The number of H-pyrrole nitrogens is 1. The largest absolute Gasteiger partial charge is 0.507 e. The lowest BCUT2D eigenvalue weighted by Crippen LogP contribution is -2.26. The number of nitrogens with one attached hydrogen (secondary N) is 2. The Labute approximate surface area is 102 Å². The average Bonchev–Trinajstić information content (AvgIpc) is 2.81. The summed E-state index contributed by atoms with van der Waals surface area (Å²) in [5, 5.41) is 18.3. The van der Waals surface area contributed by atoms with Gasteiger partial charge in [-0.3, -0.25) is 9.89 Å². The fourth-order valence-corrected chi connectivity index (χ4v) is 1.44. The Hall–Kier alpha value is -2.44. The minimum Gasteiger partial charge on any atom is -0.507 e. The van der Waals surface area contributed by atoms with Crippen LogP contribution in [-0.4, -0.2) is 32.7 Å². The molecule has 18 heavy (non-hydrogen) atoms. The number of nitrogens with zero attached hydrogens (tertiary/aromatic N) is 2. The molecule has 0 saturated heterocycles. The van der Waals surface area contributed by atoms with Crippen LogP contribution in [0, 0.1) is 5.82 Å². The van der Waals surface area contributed by atoms with Crippen LogP contribution >= 0.6 is 0 Å². The summed E-state index contributed by atoms with van der Waals surface area (Å²) in [6, 6.07) is 3.24. The lowest BCUT2D eigenvalue weighted by molar-refractivity contribution is 0.0951. The van der Waals surface area contributed by atoms with E-state index in [4.69, 9.17) is 0 Å². The second-order valence-corrected chi connectivity index (χ2v) is 3.60. The lowest BCUT2D eigenvalue weighted by Gasteiger charge is -2.05. The fraction of sp³-hybridized carbons (Fsp3) is 0.182. The van der Waals surface area contributed by atoms with Crippen LogP contribution in [0.3, 0.4) is 0 Å². The van der Waals surface area contributed by atoms with E-state index in [1.807, 2.05) is 0 Å². The molecule has 0 aliphatic carbocycles. The molecule has 0 unspecified atom stereocenters. The highest BCUT2D eigenvalue weighted by Gasteiger charge is 2.11. The Bertz CT molecular complexity index is 542. The molecule has 0 radical (unpaired) electrons. The quantitative estimate of drug-likeness (QED) is 0.742. The monoisotopic (exact) mass is 250 g/mol. The Balaban J connectivity index is 1.91. The van der Waals surface area contributed by atoms with Crippen LogP contribution in [0.25, 0.3) is 0 Å². The van der Waals surface area contributed by atoms with Crippen molar-refractivity contribution in [3.63, 3.8) is 0 Å². The van der Waals surface area contributed by atoms with E-state index in [-0.39, 0.29) is 11.3 Å². The molecule has 0 aliphatic heterocycles. The maximum Gasteiger partial charge on any atom is 0.255 e. The third-order valence-corrected chi connectivity index (χ3v) is 2.32. The molecule has 2 rings (SSSR count). The summed E-state index contributed by atoms with van der Waals surface area (Å²) in [6.45, 7) is 0.338. The number of phenols is 1. The number of carbonyl (C=O) groups is 1. The Kier molecular flexibility index (Phi) is 3.52. The van der Waals surface area contributed by atoms with Gasteiger partial charge in [-0.15, -0.1) is 0 Å². The van der Waals surface area contributed by atoms with Gasteiger partial charge in [-0.1, -0.05) is 0 Å². The van der Waals surface area contributed by atoms with Crippen molar-refractivity contribution in [2.75, 3.05) is 6.54 Å². The SMILES string of the molecule is O=C(NCCc1ncn[nH]1)c1ccc(F)cc1O. The molecule has 2 aromatic rings. The minimum atomic E-state index is -0.592. The summed E-state index contributed by atoms with van der Waals surface area (Å²) in [5.74, 6) is -0.788. The van der Waals surface area contributed by atoms with E-state index in [2.05, 4.69) is 20.5 Å². The van der Waals surface area contributed by atoms with Gasteiger partial charge in [-0.25, -0.2) is 9.37 Å². The lowest BCUT2D eigenvalue weighted by atomic mass is 10.2. The summed E-state index contributed by atoms with van der Waals surface area (Å²) >= 11 is 0. The number of aromatic nitrogens is 3. The highest BCUT2D eigenvalue weighted by atomic mass is 19.1. The van der Waals surface area contributed by atoms with Crippen molar-refractivity contribution in [1.29, 1.82) is 0 Å². The second kappa shape index (κ2) is 5.26. The number of halogens is 1. The molecule has 7 heteroatoms. The van der Waals surface area contributed by atoms with E-state index >= 15 is 0 Å². The van der Waals surface area contributed by atoms with Crippen LogP contribution in [0.15, 0.2) is 24.5 Å². The van der Waals surface area contributed by atoms with Gasteiger partial charge in [-0.2, -0.15) is 5.10 Å². The molecule has 0 atom stereocenters. The summed E-state index contributed by atoms with van der Waals surface area (Å²) < 4.78 is 12.7. The van der Waals surface area contributed by atoms with Gasteiger partial charge >= 0.3 is 0 Å². The average molecular weight is 250 g/mol. The van der Waals surface area contributed by atoms with Crippen LogP contribution in [0.1, 0.15) is 16.2 Å². The molecular formula is C11H11FN4O2. The van der Waals surface area contributed by atoms with E-state index in [0.717, 1.165) is 12.1 Å². The third kappa shape index (κ3) is 2.82. The zero-order valence-electron chi connectivity index (χ0n) is 9.35. The van der Waals surface area contributed by atoms with Crippen molar-refractivity contribution < 1.29 is 14.3 Å². The first-order valence-electron chi connectivity index (χ1n) is 5.28. The maximum absolute atomic E-state index is 12.7. The number of phenolic OH excluding ortho intramolecular Hbond substituents is 1. The molecule has 0 aliphatic rings. The first-order valence-corrected chi connectivity index (χ1v) is 5.28. The molecule has 94 valence electrons. The minimum absolute atomic E-state index is 0.0361. The van der Waals surface area contributed by atoms with Crippen LogP contribution in [0.2, 0.25) is 0 Å². The van der Waals surface area contributed by atoms with Crippen molar-refractivity contribution in [2.24, 2.45) is 0 Å². The maximum atomic E-state index is 12.7. The molecular weight excluding hydrogens is 239 g/mol. The molecule has 0 bridgehead atoms. The molecule has 1 heterocycles. The van der Waals surface area contributed by atoms with Crippen molar-refractivity contribution in [1.82, 2.24) is 20.5 Å². The van der Waals surface area contributed by atoms with Crippen molar-refractivity contribution >= 4 is 5.91 Å². The number of hydrogen-bond donors (Lipinski definition) is 3. The molecule has 3 N–H and O–H groups in total. The van der Waals surface area contributed by atoms with Gasteiger partial charge in [0.05, 0.1) is 5.56 Å². The molecule has 0 fully saturated rings. The molecule has 0 spiro atoms. The predicted octanol–water partition coefficient (Wildman–Crippen LogP) is 0.622. The van der Waals surface area contributed by atoms with E-state index in [0.29, 0.717) is 18.8 Å². The van der Waals surface area contributed by atoms with Crippen LogP contribution in [0.5, 0.6) is 5.75 Å². The number of aromatic hydroxyl groups is 1. The van der Waals surface area contributed by atoms with Gasteiger partial charge in [-0.05, 0) is 12.1 Å². The molecule has 6 nitrogen and oxygen atoms in total. The first-order chi connectivity index (χ1) is 8.66. The van der Waals surface area contributed by atoms with E-state index in [9.17, 15) is 14.3 Å². The fourth-order valence-electron chi connectivity index (χ4n) is 1.44. The third-order valence-electron chi connectivity index (χ3n) is 2.32. The van der Waals surface area contributed by atoms with Gasteiger partial charge < -0.3 is 10.4 Å². The summed E-state index contributed by atoms with van der Waals surface area (Å²) in [6.07, 6.45) is 1.87. The van der Waals surface area contributed by atoms with E-state index in [1.165, 1.54) is 12.4 Å². The van der Waals surface area contributed by atoms with Crippen molar-refractivity contribution in [3.8, 4) is 5.75 Å². The van der Waals surface area contributed by atoms with Gasteiger partial charge in [0.1, 0.15) is 23.7 Å². The van der Waals surface area contributed by atoms with Crippen LogP contribution in [-0.2, 0) is 6.42 Å². The van der Waals surface area contributed by atoms with Gasteiger partial charge in [0.25, 0.3) is 5.91 Å². The number of amides is 1. The predicted molar refractivity (Wildman–Crippen MR) is 60.5 cm³/mol. The number of benzene rings is 1. The standard InChI is InChI=1S/C11H11FN4O2/c12-7-1-2-8(9(17)5-7)11(18)13-4-3-10-14-6-15-16-10/h1-2,5-6,17H,3-4H2,(H,13,18)(H,14,15,16). The summed E-state index contributed by atoms with van der Waals surface area (Å²) in [7, 11) is 0. The summed E-state index contributed by atoms with van der Waals surface area (Å²) in [4.78, 5) is 15.6. The number of carbonyl (C=O) groups excluding carboxylic acids is 1. The van der Waals surface area contributed by atoms with Crippen LogP contribution in [0.4, 0.5) is 4.39 Å². The number of rotatable bonds is 4. The number of aromatic amines is 1. The Morgan fingerprint density at radius 2 is 2.33 bits per heavy atom. The topological polar surface area (TPSA) is 90.9 Å². The molecule has 1 aromatic carbocycles. The first kappa shape index (κ1) is 12.0. The Morgan fingerprint density at radius 3 is 3.00 bits per heavy atom. The van der Waals surface area contributed by atoms with Crippen LogP contribution < -0.4 is 5.32 Å². The van der Waals surface area contributed by atoms with Gasteiger partial charge in [0.2, 0.25) is 0 Å². The van der Waals surface area contributed by atoms with Crippen molar-refractivity contribution in [2.45, 2.75) is 6.42 Å². The van der Waals surface area contributed by atoms with E-state index < -0.39 is 11.7 Å². The zero-order valence-corrected chi connectivity index (χ0v) is 9.35. The highest BCUT2D eigenvalue weighted by Crippen LogP contribution is 2.17. The van der Waals surface area contributed by atoms with Crippen molar-refractivity contribution in [3.05, 3.63) is 41.7 Å². The molecule has 0 saturated carbocycles. The second-order valence-electron chi connectivity index (χ2n) is 3.60. The molecule has 1 aromatic heterocycles. The Morgan fingerprint density at radius 1 is 1.50 bits per heavy atom. The molecule has 1 amide bonds. The number of hydrogen-bond acceptors (Lipinski definition) is 4. The van der Waals surface area contributed by atoms with Gasteiger partial charge in [0.15, 0.2) is 0 Å². The van der Waals surface area contributed by atoms with E-state index in [1.54, 1.807) is 0 Å².